The molecule has 0 aliphatic carbocycles. The summed E-state index contributed by atoms with van der Waals surface area (Å²) in [6, 6.07) is 12.2. The lowest BCUT2D eigenvalue weighted by Gasteiger charge is -2.20. The van der Waals surface area contributed by atoms with E-state index in [9.17, 15) is 4.79 Å². The van der Waals surface area contributed by atoms with E-state index >= 15 is 0 Å². The van der Waals surface area contributed by atoms with E-state index in [1.807, 2.05) is 38.1 Å². The second-order valence-electron chi connectivity index (χ2n) is 6.91. The standard InChI is InChI=1S/C22H29NO2/c1-7-18-10-8-9-16(5)21(18)23-22(24)17(6)25-20-13-15(4)11-12-19(20)14(2)3/h8-14,17H,7H2,1-6H3,(H,23,24)/t17-/m0/s1. The van der Waals surface area contributed by atoms with Crippen LogP contribution in [0.5, 0.6) is 5.75 Å². The van der Waals surface area contributed by atoms with Gasteiger partial charge in [-0.25, -0.2) is 0 Å². The van der Waals surface area contributed by atoms with E-state index in [1.165, 1.54) is 0 Å². The molecule has 0 spiro atoms. The van der Waals surface area contributed by atoms with Crippen molar-refractivity contribution in [3.63, 3.8) is 0 Å². The average molecular weight is 339 g/mol. The molecule has 25 heavy (non-hydrogen) atoms. The first-order valence-corrected chi connectivity index (χ1v) is 9.00. The Morgan fingerprint density at radius 2 is 1.84 bits per heavy atom. The Kier molecular flexibility index (Phi) is 6.24. The van der Waals surface area contributed by atoms with E-state index in [2.05, 4.69) is 38.2 Å². The minimum atomic E-state index is -0.566. The number of para-hydroxylation sites is 1. The van der Waals surface area contributed by atoms with E-state index in [4.69, 9.17) is 4.74 Å². The first-order valence-electron chi connectivity index (χ1n) is 9.00. The summed E-state index contributed by atoms with van der Waals surface area (Å²) in [5, 5.41) is 3.05. The number of carbonyl (C=O) groups excluding carboxylic acids is 1. The largest absolute Gasteiger partial charge is 0.481 e. The Labute approximate surface area is 151 Å². The van der Waals surface area contributed by atoms with Crippen molar-refractivity contribution in [3.05, 3.63) is 58.7 Å². The summed E-state index contributed by atoms with van der Waals surface area (Å²) in [5.74, 6) is 1.01. The van der Waals surface area contributed by atoms with Crippen LogP contribution < -0.4 is 10.1 Å². The average Bonchev–Trinajstić information content (AvgIpc) is 2.56. The molecule has 0 saturated heterocycles. The highest BCUT2D eigenvalue weighted by Crippen LogP contribution is 2.29. The van der Waals surface area contributed by atoms with Crippen LogP contribution >= 0.6 is 0 Å². The number of carbonyl (C=O) groups is 1. The van der Waals surface area contributed by atoms with E-state index < -0.39 is 6.10 Å². The Morgan fingerprint density at radius 3 is 2.48 bits per heavy atom. The van der Waals surface area contributed by atoms with Crippen molar-refractivity contribution >= 4 is 11.6 Å². The van der Waals surface area contributed by atoms with Crippen LogP contribution in [0.4, 0.5) is 5.69 Å². The van der Waals surface area contributed by atoms with Crippen molar-refractivity contribution in [2.75, 3.05) is 5.32 Å². The maximum atomic E-state index is 12.7. The van der Waals surface area contributed by atoms with Gasteiger partial charge in [-0.15, -0.1) is 0 Å². The Hall–Kier alpha value is -2.29. The summed E-state index contributed by atoms with van der Waals surface area (Å²) in [6.07, 6.45) is 0.311. The zero-order valence-corrected chi connectivity index (χ0v) is 16.1. The molecule has 2 aromatic rings. The zero-order valence-electron chi connectivity index (χ0n) is 16.1. The molecule has 0 aliphatic rings. The van der Waals surface area contributed by atoms with Gasteiger partial charge in [0.2, 0.25) is 0 Å². The maximum absolute atomic E-state index is 12.7. The molecule has 0 bridgehead atoms. The normalized spacial score (nSPS) is 12.1. The van der Waals surface area contributed by atoms with Crippen LogP contribution in [0, 0.1) is 13.8 Å². The molecule has 1 amide bonds. The molecule has 2 aromatic carbocycles. The van der Waals surface area contributed by atoms with E-state index in [1.54, 1.807) is 6.92 Å². The smallest absolute Gasteiger partial charge is 0.265 e. The predicted molar refractivity (Wildman–Crippen MR) is 105 cm³/mol. The summed E-state index contributed by atoms with van der Waals surface area (Å²) in [6.45, 7) is 12.2. The summed E-state index contributed by atoms with van der Waals surface area (Å²) in [4.78, 5) is 12.7. The van der Waals surface area contributed by atoms with Crippen molar-refractivity contribution in [3.8, 4) is 5.75 Å². The fraction of sp³-hybridized carbons (Fsp3) is 0.409. The third kappa shape index (κ3) is 4.62. The fourth-order valence-corrected chi connectivity index (χ4v) is 2.89. The summed E-state index contributed by atoms with van der Waals surface area (Å²) in [7, 11) is 0. The second kappa shape index (κ2) is 8.19. The lowest BCUT2D eigenvalue weighted by atomic mass is 10.0. The van der Waals surface area contributed by atoms with Gasteiger partial charge in [-0.2, -0.15) is 0 Å². The number of anilines is 1. The minimum Gasteiger partial charge on any atom is -0.481 e. The highest BCUT2D eigenvalue weighted by Gasteiger charge is 2.19. The second-order valence-corrected chi connectivity index (χ2v) is 6.91. The van der Waals surface area contributed by atoms with Crippen LogP contribution in [-0.2, 0) is 11.2 Å². The van der Waals surface area contributed by atoms with Crippen LogP contribution in [0.1, 0.15) is 55.9 Å². The van der Waals surface area contributed by atoms with Gasteiger partial charge in [0.1, 0.15) is 5.75 Å². The van der Waals surface area contributed by atoms with Crippen LogP contribution in [0.2, 0.25) is 0 Å². The van der Waals surface area contributed by atoms with Crippen molar-refractivity contribution in [2.45, 2.75) is 60.0 Å². The lowest BCUT2D eigenvalue weighted by Crippen LogP contribution is -2.31. The molecule has 0 saturated carbocycles. The number of nitrogens with one attached hydrogen (secondary N) is 1. The van der Waals surface area contributed by atoms with Gasteiger partial charge in [0.05, 0.1) is 0 Å². The number of hydrogen-bond acceptors (Lipinski definition) is 2. The molecule has 0 radical (unpaired) electrons. The zero-order chi connectivity index (χ0) is 18.6. The van der Waals surface area contributed by atoms with Crippen LogP contribution in [0.15, 0.2) is 36.4 Å². The van der Waals surface area contributed by atoms with Gasteiger partial charge in [0, 0.05) is 5.69 Å². The molecule has 1 atom stereocenters. The van der Waals surface area contributed by atoms with Crippen molar-refractivity contribution in [1.82, 2.24) is 0 Å². The molecule has 0 heterocycles. The quantitative estimate of drug-likeness (QED) is 0.765. The number of benzene rings is 2. The van der Waals surface area contributed by atoms with Crippen molar-refractivity contribution in [2.24, 2.45) is 0 Å². The van der Waals surface area contributed by atoms with E-state index in [0.717, 1.165) is 40.1 Å². The maximum Gasteiger partial charge on any atom is 0.265 e. The molecule has 3 nitrogen and oxygen atoms in total. The van der Waals surface area contributed by atoms with E-state index in [-0.39, 0.29) is 5.91 Å². The van der Waals surface area contributed by atoms with Gasteiger partial charge in [0.15, 0.2) is 6.10 Å². The van der Waals surface area contributed by atoms with Crippen molar-refractivity contribution < 1.29 is 9.53 Å². The first kappa shape index (κ1) is 19.0. The lowest BCUT2D eigenvalue weighted by molar-refractivity contribution is -0.122. The molecular formula is C22H29NO2. The summed E-state index contributed by atoms with van der Waals surface area (Å²) < 4.78 is 6.02. The van der Waals surface area contributed by atoms with E-state index in [0.29, 0.717) is 5.92 Å². The number of ether oxygens (including phenoxy) is 1. The van der Waals surface area contributed by atoms with Crippen molar-refractivity contribution in [1.29, 1.82) is 0 Å². The molecule has 134 valence electrons. The van der Waals surface area contributed by atoms with Crippen LogP contribution in [0.3, 0.4) is 0 Å². The van der Waals surface area contributed by atoms with Gasteiger partial charge in [0.25, 0.3) is 5.91 Å². The molecule has 1 N–H and O–H groups in total. The first-order chi connectivity index (χ1) is 11.8. The van der Waals surface area contributed by atoms with Gasteiger partial charge < -0.3 is 10.1 Å². The fourth-order valence-electron chi connectivity index (χ4n) is 2.89. The Morgan fingerprint density at radius 1 is 1.12 bits per heavy atom. The molecule has 0 aromatic heterocycles. The molecule has 2 rings (SSSR count). The molecule has 0 aliphatic heterocycles. The third-order valence-electron chi connectivity index (χ3n) is 4.45. The minimum absolute atomic E-state index is 0.125. The number of rotatable bonds is 6. The number of hydrogen-bond donors (Lipinski definition) is 1. The molecule has 0 fully saturated rings. The highest BCUT2D eigenvalue weighted by molar-refractivity contribution is 5.95. The highest BCUT2D eigenvalue weighted by atomic mass is 16.5. The predicted octanol–water partition coefficient (Wildman–Crippen LogP) is 5.40. The van der Waals surface area contributed by atoms with Gasteiger partial charge in [-0.1, -0.05) is 51.1 Å². The summed E-state index contributed by atoms with van der Waals surface area (Å²) >= 11 is 0. The number of amides is 1. The third-order valence-corrected chi connectivity index (χ3v) is 4.45. The molecule has 3 heteroatoms. The van der Waals surface area contributed by atoms with Gasteiger partial charge in [-0.05, 0) is 61.4 Å². The summed E-state index contributed by atoms with van der Waals surface area (Å²) in [5.41, 5.74) is 5.35. The molecular weight excluding hydrogens is 310 g/mol. The van der Waals surface area contributed by atoms with Gasteiger partial charge >= 0.3 is 0 Å². The van der Waals surface area contributed by atoms with Gasteiger partial charge in [-0.3, -0.25) is 4.79 Å². The SMILES string of the molecule is CCc1cccc(C)c1NC(=O)[C@H](C)Oc1cc(C)ccc1C(C)C. The Bertz CT molecular complexity index is 750. The molecule has 0 unspecified atom stereocenters. The van der Waals surface area contributed by atoms with Crippen LogP contribution in [0.25, 0.3) is 0 Å². The topological polar surface area (TPSA) is 38.3 Å². The number of aryl methyl sites for hydroxylation is 3. The van der Waals surface area contributed by atoms with Crippen LogP contribution in [-0.4, -0.2) is 12.0 Å². The monoisotopic (exact) mass is 339 g/mol. The Balaban J connectivity index is 2.18.